The van der Waals surface area contributed by atoms with E-state index in [0.717, 1.165) is 17.2 Å². The minimum Gasteiger partial charge on any atom is -0.462 e. The first-order valence-corrected chi connectivity index (χ1v) is 6.20. The van der Waals surface area contributed by atoms with Crippen LogP contribution in [0.25, 0.3) is 0 Å². The van der Waals surface area contributed by atoms with Gasteiger partial charge in [0.15, 0.2) is 0 Å². The number of nitrogens with one attached hydrogen (secondary N) is 1. The fourth-order valence-electron chi connectivity index (χ4n) is 1.41. The lowest BCUT2D eigenvalue weighted by Crippen LogP contribution is -2.14. The second-order valence-electron chi connectivity index (χ2n) is 3.65. The number of nitrogens with zero attached hydrogens (tertiary/aromatic N) is 1. The van der Waals surface area contributed by atoms with Gasteiger partial charge in [-0.25, -0.2) is 9.78 Å². The van der Waals surface area contributed by atoms with Crippen molar-refractivity contribution < 1.29 is 9.53 Å². The smallest absolute Gasteiger partial charge is 0.350 e. The lowest BCUT2D eigenvalue weighted by Gasteiger charge is -2.05. The van der Waals surface area contributed by atoms with E-state index < -0.39 is 0 Å². The van der Waals surface area contributed by atoms with Gasteiger partial charge in [0.1, 0.15) is 4.88 Å². The number of hydrogen-bond donors (Lipinski definition) is 1. The predicted molar refractivity (Wildman–Crippen MR) is 65.1 cm³/mol. The van der Waals surface area contributed by atoms with E-state index in [1.54, 1.807) is 6.92 Å². The van der Waals surface area contributed by atoms with Gasteiger partial charge in [-0.2, -0.15) is 0 Å². The van der Waals surface area contributed by atoms with Gasteiger partial charge in [0.2, 0.25) is 0 Å². The van der Waals surface area contributed by atoms with Crippen molar-refractivity contribution in [3.8, 4) is 0 Å². The monoisotopic (exact) mass is 242 g/mol. The molecule has 1 unspecified atom stereocenters. The molecule has 0 fully saturated rings. The van der Waals surface area contributed by atoms with Gasteiger partial charge in [-0.1, -0.05) is 6.92 Å². The summed E-state index contributed by atoms with van der Waals surface area (Å²) in [6.07, 6.45) is 0. The van der Waals surface area contributed by atoms with Gasteiger partial charge in [0.25, 0.3) is 0 Å². The Morgan fingerprint density at radius 3 is 2.88 bits per heavy atom. The Balaban J connectivity index is 2.84. The van der Waals surface area contributed by atoms with Gasteiger partial charge in [-0.05, 0) is 20.9 Å². The van der Waals surface area contributed by atoms with Crippen LogP contribution in [0.3, 0.4) is 0 Å². The van der Waals surface area contributed by atoms with E-state index in [1.807, 2.05) is 14.0 Å². The van der Waals surface area contributed by atoms with Crippen LogP contribution < -0.4 is 5.32 Å². The Morgan fingerprint density at radius 1 is 1.62 bits per heavy atom. The minimum absolute atomic E-state index is 0.264. The molecule has 1 aromatic rings. The van der Waals surface area contributed by atoms with E-state index in [-0.39, 0.29) is 5.97 Å². The molecule has 16 heavy (non-hydrogen) atoms. The molecule has 0 radical (unpaired) electrons. The highest BCUT2D eigenvalue weighted by Gasteiger charge is 2.18. The molecule has 90 valence electrons. The lowest BCUT2D eigenvalue weighted by molar-refractivity contribution is 0.0531. The first kappa shape index (κ1) is 13.1. The molecule has 1 rings (SSSR count). The summed E-state index contributed by atoms with van der Waals surface area (Å²) in [5, 5.41) is 4.08. The fraction of sp³-hybridized carbons (Fsp3) is 0.636. The van der Waals surface area contributed by atoms with Crippen molar-refractivity contribution in [2.75, 3.05) is 20.2 Å². The number of carbonyl (C=O) groups is 1. The summed E-state index contributed by atoms with van der Waals surface area (Å²) in [4.78, 5) is 16.6. The SMILES string of the molecule is CCOC(=O)c1sc(C(C)CNC)nc1C. The summed E-state index contributed by atoms with van der Waals surface area (Å²) in [7, 11) is 1.91. The Morgan fingerprint density at radius 2 is 2.31 bits per heavy atom. The maximum Gasteiger partial charge on any atom is 0.350 e. The van der Waals surface area contributed by atoms with Gasteiger partial charge >= 0.3 is 5.97 Å². The zero-order chi connectivity index (χ0) is 12.1. The second kappa shape index (κ2) is 5.96. The number of carbonyl (C=O) groups excluding carboxylic acids is 1. The van der Waals surface area contributed by atoms with E-state index in [0.29, 0.717) is 17.4 Å². The molecule has 0 bridgehead atoms. The van der Waals surface area contributed by atoms with Crippen molar-refractivity contribution in [3.05, 3.63) is 15.6 Å². The Hall–Kier alpha value is -0.940. The van der Waals surface area contributed by atoms with Gasteiger partial charge in [0.05, 0.1) is 17.3 Å². The van der Waals surface area contributed by atoms with Crippen molar-refractivity contribution in [2.45, 2.75) is 26.7 Å². The van der Waals surface area contributed by atoms with E-state index >= 15 is 0 Å². The number of aromatic nitrogens is 1. The van der Waals surface area contributed by atoms with Gasteiger partial charge in [-0.3, -0.25) is 0 Å². The fourth-order valence-corrected chi connectivity index (χ4v) is 2.42. The normalized spacial score (nSPS) is 12.5. The summed E-state index contributed by atoms with van der Waals surface area (Å²) in [5.74, 6) is 0.0530. The molecule has 0 spiro atoms. The molecule has 0 aromatic carbocycles. The molecule has 0 amide bonds. The summed E-state index contributed by atoms with van der Waals surface area (Å²) in [6.45, 7) is 6.99. The molecule has 0 saturated carbocycles. The van der Waals surface area contributed by atoms with Crippen LogP contribution in [0.15, 0.2) is 0 Å². The van der Waals surface area contributed by atoms with Crippen LogP contribution in [0.2, 0.25) is 0 Å². The van der Waals surface area contributed by atoms with E-state index in [1.165, 1.54) is 11.3 Å². The summed E-state index contributed by atoms with van der Waals surface area (Å²) in [6, 6.07) is 0. The van der Waals surface area contributed by atoms with Crippen LogP contribution in [0, 0.1) is 6.92 Å². The number of hydrogen-bond acceptors (Lipinski definition) is 5. The Bertz CT molecular complexity index is 363. The Kier molecular flexibility index (Phi) is 4.89. The predicted octanol–water partition coefficient (Wildman–Crippen LogP) is 1.95. The second-order valence-corrected chi connectivity index (χ2v) is 4.68. The molecular weight excluding hydrogens is 224 g/mol. The molecule has 0 aliphatic heterocycles. The van der Waals surface area contributed by atoms with Crippen LogP contribution in [0.1, 0.15) is 40.1 Å². The van der Waals surface area contributed by atoms with Crippen molar-refractivity contribution in [1.29, 1.82) is 0 Å². The molecule has 0 aliphatic rings. The number of aryl methyl sites for hydroxylation is 1. The van der Waals surface area contributed by atoms with Gasteiger partial charge < -0.3 is 10.1 Å². The van der Waals surface area contributed by atoms with E-state index in [2.05, 4.69) is 17.2 Å². The molecule has 5 heteroatoms. The molecule has 1 atom stereocenters. The Labute approximate surface area is 100 Å². The maximum absolute atomic E-state index is 11.6. The van der Waals surface area contributed by atoms with Gasteiger partial charge in [0, 0.05) is 12.5 Å². The van der Waals surface area contributed by atoms with Crippen LogP contribution in [0.5, 0.6) is 0 Å². The third-order valence-corrected chi connectivity index (χ3v) is 3.57. The molecular formula is C11H18N2O2S. The highest BCUT2D eigenvalue weighted by atomic mass is 32.1. The van der Waals surface area contributed by atoms with Crippen molar-refractivity contribution in [1.82, 2.24) is 10.3 Å². The third-order valence-electron chi connectivity index (χ3n) is 2.21. The average molecular weight is 242 g/mol. The topological polar surface area (TPSA) is 51.2 Å². The first-order chi connectivity index (χ1) is 7.60. The van der Waals surface area contributed by atoms with E-state index in [9.17, 15) is 4.79 Å². The number of thiazole rings is 1. The molecule has 1 heterocycles. The molecule has 0 saturated heterocycles. The molecule has 1 N–H and O–H groups in total. The first-order valence-electron chi connectivity index (χ1n) is 5.39. The van der Waals surface area contributed by atoms with Crippen molar-refractivity contribution in [3.63, 3.8) is 0 Å². The number of ether oxygens (including phenoxy) is 1. The standard InChI is InChI=1S/C11H18N2O2S/c1-5-15-11(14)9-8(3)13-10(16-9)7(2)6-12-4/h7,12H,5-6H2,1-4H3. The largest absolute Gasteiger partial charge is 0.462 e. The molecule has 4 nitrogen and oxygen atoms in total. The average Bonchev–Trinajstić information content (AvgIpc) is 2.61. The number of esters is 1. The van der Waals surface area contributed by atoms with Crippen molar-refractivity contribution in [2.24, 2.45) is 0 Å². The van der Waals surface area contributed by atoms with Crippen LogP contribution in [-0.2, 0) is 4.74 Å². The van der Waals surface area contributed by atoms with Crippen LogP contribution in [0.4, 0.5) is 0 Å². The summed E-state index contributed by atoms with van der Waals surface area (Å²) >= 11 is 1.43. The van der Waals surface area contributed by atoms with Crippen molar-refractivity contribution >= 4 is 17.3 Å². The zero-order valence-electron chi connectivity index (χ0n) is 10.2. The lowest BCUT2D eigenvalue weighted by atomic mass is 10.2. The van der Waals surface area contributed by atoms with Gasteiger partial charge in [-0.15, -0.1) is 11.3 Å². The third kappa shape index (κ3) is 3.02. The minimum atomic E-state index is -0.264. The molecule has 0 aliphatic carbocycles. The quantitative estimate of drug-likeness (QED) is 0.802. The zero-order valence-corrected chi connectivity index (χ0v) is 11.0. The highest BCUT2D eigenvalue weighted by molar-refractivity contribution is 7.13. The number of rotatable bonds is 5. The van der Waals surface area contributed by atoms with Crippen LogP contribution >= 0.6 is 11.3 Å². The maximum atomic E-state index is 11.6. The summed E-state index contributed by atoms with van der Waals surface area (Å²) in [5.41, 5.74) is 0.765. The number of likely N-dealkylation sites (N-methyl/N-ethyl adjacent to an activating group) is 1. The van der Waals surface area contributed by atoms with E-state index in [4.69, 9.17) is 4.74 Å². The summed E-state index contributed by atoms with van der Waals surface area (Å²) < 4.78 is 4.98. The molecule has 1 aromatic heterocycles. The highest BCUT2D eigenvalue weighted by Crippen LogP contribution is 2.25. The van der Waals surface area contributed by atoms with Crippen LogP contribution in [-0.4, -0.2) is 31.2 Å².